The Morgan fingerprint density at radius 3 is 3.04 bits per heavy atom. The Hall–Kier alpha value is -2.80. The highest BCUT2D eigenvalue weighted by molar-refractivity contribution is 7.15. The van der Waals surface area contributed by atoms with Crippen molar-refractivity contribution in [1.82, 2.24) is 9.38 Å². The molecule has 0 aliphatic carbocycles. The Kier molecular flexibility index (Phi) is 4.52. The van der Waals surface area contributed by atoms with Crippen LogP contribution in [0.3, 0.4) is 0 Å². The van der Waals surface area contributed by atoms with Gasteiger partial charge in [-0.2, -0.15) is 0 Å². The Bertz CT molecular complexity index is 991. The summed E-state index contributed by atoms with van der Waals surface area (Å²) in [5.41, 5.74) is 1.54. The Morgan fingerprint density at radius 2 is 2.25 bits per heavy atom. The van der Waals surface area contributed by atoms with Gasteiger partial charge in [-0.1, -0.05) is 12.1 Å². The molecule has 2 aromatic heterocycles. The third kappa shape index (κ3) is 3.57. The number of benzene rings is 1. The Labute approximate surface area is 140 Å². The van der Waals surface area contributed by atoms with E-state index in [4.69, 9.17) is 4.74 Å². The van der Waals surface area contributed by atoms with Crippen LogP contribution >= 0.6 is 11.3 Å². The molecule has 7 heteroatoms. The topological polar surface area (TPSA) is 60.7 Å². The number of hydrogen-bond donors (Lipinski definition) is 0. The van der Waals surface area contributed by atoms with Crippen LogP contribution in [0.5, 0.6) is 0 Å². The van der Waals surface area contributed by atoms with Crippen LogP contribution in [0.15, 0.2) is 46.6 Å². The number of aromatic nitrogens is 2. The quantitative estimate of drug-likeness (QED) is 0.539. The molecule has 0 unspecified atom stereocenters. The second kappa shape index (κ2) is 6.76. The lowest BCUT2D eigenvalue weighted by Gasteiger charge is -2.02. The molecule has 0 N–H and O–H groups in total. The van der Waals surface area contributed by atoms with E-state index < -0.39 is 5.97 Å². The molecule has 0 radical (unpaired) electrons. The highest BCUT2D eigenvalue weighted by Gasteiger charge is 2.07. The molecular formula is C17H13FN2O3S. The second-order valence-corrected chi connectivity index (χ2v) is 5.91. The van der Waals surface area contributed by atoms with Gasteiger partial charge in [0, 0.05) is 23.2 Å². The lowest BCUT2D eigenvalue weighted by molar-refractivity contribution is -0.139. The minimum Gasteiger partial charge on any atom is -0.456 e. The maximum atomic E-state index is 13.0. The first-order chi connectivity index (χ1) is 11.5. The highest BCUT2D eigenvalue weighted by atomic mass is 32.1. The van der Waals surface area contributed by atoms with Crippen molar-refractivity contribution in [3.8, 4) is 0 Å². The number of fused-ring (bicyclic) bond motifs is 1. The summed E-state index contributed by atoms with van der Waals surface area (Å²) in [5.74, 6) is -0.974. The van der Waals surface area contributed by atoms with Gasteiger partial charge in [0.25, 0.3) is 5.56 Å². The summed E-state index contributed by atoms with van der Waals surface area (Å²) >= 11 is 1.35. The largest absolute Gasteiger partial charge is 0.456 e. The van der Waals surface area contributed by atoms with Crippen molar-refractivity contribution in [2.45, 2.75) is 13.5 Å². The summed E-state index contributed by atoms with van der Waals surface area (Å²) in [5, 5.41) is 1.83. The van der Waals surface area contributed by atoms with Gasteiger partial charge in [0.2, 0.25) is 0 Å². The van der Waals surface area contributed by atoms with Crippen molar-refractivity contribution >= 4 is 28.3 Å². The fourth-order valence-corrected chi connectivity index (χ4v) is 3.03. The number of carbonyl (C=O) groups excluding carboxylic acids is 1. The molecule has 0 saturated carbocycles. The van der Waals surface area contributed by atoms with Gasteiger partial charge in [-0.05, 0) is 30.7 Å². The van der Waals surface area contributed by atoms with E-state index >= 15 is 0 Å². The van der Waals surface area contributed by atoms with E-state index in [0.717, 1.165) is 5.69 Å². The molecule has 0 bridgehead atoms. The minimum absolute atomic E-state index is 0.102. The molecule has 0 aliphatic rings. The maximum absolute atomic E-state index is 13.0. The van der Waals surface area contributed by atoms with Gasteiger partial charge in [-0.25, -0.2) is 14.2 Å². The fourth-order valence-electron chi connectivity index (χ4n) is 2.14. The Balaban J connectivity index is 1.67. The number of esters is 1. The van der Waals surface area contributed by atoms with Crippen molar-refractivity contribution in [3.05, 3.63) is 74.9 Å². The van der Waals surface area contributed by atoms with Crippen LogP contribution in [-0.4, -0.2) is 15.4 Å². The van der Waals surface area contributed by atoms with E-state index in [1.54, 1.807) is 12.1 Å². The monoisotopic (exact) mass is 344 g/mol. The maximum Gasteiger partial charge on any atom is 0.331 e. The summed E-state index contributed by atoms with van der Waals surface area (Å²) in [6.07, 6.45) is 2.66. The summed E-state index contributed by atoms with van der Waals surface area (Å²) < 4.78 is 19.6. The predicted molar refractivity (Wildman–Crippen MR) is 89.3 cm³/mol. The lowest BCUT2D eigenvalue weighted by Crippen LogP contribution is -2.16. The average Bonchev–Trinajstić information content (AvgIpc) is 2.93. The van der Waals surface area contributed by atoms with Gasteiger partial charge < -0.3 is 4.74 Å². The number of nitrogens with zero attached hydrogens (tertiary/aromatic N) is 2. The first-order valence-electron chi connectivity index (χ1n) is 7.10. The van der Waals surface area contributed by atoms with Crippen LogP contribution in [0.1, 0.15) is 17.0 Å². The van der Waals surface area contributed by atoms with E-state index in [1.165, 1.54) is 46.1 Å². The van der Waals surface area contributed by atoms with Gasteiger partial charge in [0.15, 0.2) is 4.96 Å². The molecule has 0 atom stereocenters. The van der Waals surface area contributed by atoms with E-state index in [9.17, 15) is 14.0 Å². The number of ether oxygens (including phenoxy) is 1. The SMILES string of the molecule is Cc1csc2nc(COC(=O)/C=C\c3cccc(F)c3)cc(=O)n12. The van der Waals surface area contributed by atoms with E-state index in [-0.39, 0.29) is 18.0 Å². The molecule has 0 fully saturated rings. The van der Waals surface area contributed by atoms with E-state index in [1.807, 2.05) is 12.3 Å². The average molecular weight is 344 g/mol. The molecule has 5 nitrogen and oxygen atoms in total. The number of carbonyl (C=O) groups is 1. The zero-order valence-corrected chi connectivity index (χ0v) is 13.5. The number of thiazole rings is 1. The number of aryl methyl sites for hydroxylation is 1. The fraction of sp³-hybridized carbons (Fsp3) is 0.118. The third-order valence-electron chi connectivity index (χ3n) is 3.25. The number of rotatable bonds is 4. The molecule has 0 saturated heterocycles. The van der Waals surface area contributed by atoms with Crippen LogP contribution in [0, 0.1) is 12.7 Å². The van der Waals surface area contributed by atoms with Crippen molar-refractivity contribution in [1.29, 1.82) is 0 Å². The molecule has 1 aromatic carbocycles. The summed E-state index contributed by atoms with van der Waals surface area (Å²) in [6.45, 7) is 1.72. The van der Waals surface area contributed by atoms with Gasteiger partial charge >= 0.3 is 5.97 Å². The van der Waals surface area contributed by atoms with Crippen molar-refractivity contribution in [2.75, 3.05) is 0 Å². The van der Waals surface area contributed by atoms with Crippen LogP contribution in [0.2, 0.25) is 0 Å². The normalized spacial score (nSPS) is 11.2. The first-order valence-corrected chi connectivity index (χ1v) is 7.98. The van der Waals surface area contributed by atoms with Crippen LogP contribution in [0.25, 0.3) is 11.0 Å². The first kappa shape index (κ1) is 16.1. The number of halogens is 1. The molecule has 0 aliphatic heterocycles. The van der Waals surface area contributed by atoms with Gasteiger partial charge in [-0.15, -0.1) is 11.3 Å². The smallest absolute Gasteiger partial charge is 0.331 e. The van der Waals surface area contributed by atoms with Crippen LogP contribution in [0.4, 0.5) is 4.39 Å². The van der Waals surface area contributed by atoms with Gasteiger partial charge in [-0.3, -0.25) is 9.20 Å². The minimum atomic E-state index is -0.594. The van der Waals surface area contributed by atoms with E-state index in [0.29, 0.717) is 16.2 Å². The molecule has 0 spiro atoms. The van der Waals surface area contributed by atoms with E-state index in [2.05, 4.69) is 4.98 Å². The van der Waals surface area contributed by atoms with Gasteiger partial charge in [0.05, 0.1) is 5.69 Å². The molecule has 3 aromatic rings. The third-order valence-corrected chi connectivity index (χ3v) is 4.20. The summed E-state index contributed by atoms with van der Waals surface area (Å²) in [7, 11) is 0. The molecular weight excluding hydrogens is 331 g/mol. The lowest BCUT2D eigenvalue weighted by atomic mass is 10.2. The second-order valence-electron chi connectivity index (χ2n) is 5.08. The summed E-state index contributed by atoms with van der Waals surface area (Å²) in [4.78, 5) is 28.6. The zero-order valence-electron chi connectivity index (χ0n) is 12.7. The number of hydrogen-bond acceptors (Lipinski definition) is 5. The molecule has 2 heterocycles. The van der Waals surface area contributed by atoms with Crippen molar-refractivity contribution < 1.29 is 13.9 Å². The standard InChI is InChI=1S/C17H13FN2O3S/c1-11-10-24-17-19-14(8-15(21)20(11)17)9-23-16(22)6-5-12-3-2-4-13(18)7-12/h2-8,10H,9H2,1H3/b6-5-. The van der Waals surface area contributed by atoms with Gasteiger partial charge in [0.1, 0.15) is 12.4 Å². The predicted octanol–water partition coefficient (Wildman–Crippen LogP) is 2.96. The van der Waals surface area contributed by atoms with Crippen molar-refractivity contribution in [3.63, 3.8) is 0 Å². The Morgan fingerprint density at radius 1 is 1.42 bits per heavy atom. The zero-order chi connectivity index (χ0) is 17.1. The molecule has 3 rings (SSSR count). The van der Waals surface area contributed by atoms with Crippen molar-refractivity contribution in [2.24, 2.45) is 0 Å². The van der Waals surface area contributed by atoms with Crippen LogP contribution in [-0.2, 0) is 16.1 Å². The molecule has 122 valence electrons. The van der Waals surface area contributed by atoms with Crippen LogP contribution < -0.4 is 5.56 Å². The highest BCUT2D eigenvalue weighted by Crippen LogP contribution is 2.12. The summed E-state index contributed by atoms with van der Waals surface area (Å²) in [6, 6.07) is 7.19. The molecule has 0 amide bonds. The molecule has 24 heavy (non-hydrogen) atoms.